The van der Waals surface area contributed by atoms with Crippen LogP contribution in [-0.4, -0.2) is 68.2 Å². The van der Waals surface area contributed by atoms with E-state index >= 15 is 0 Å². The molecule has 32 heavy (non-hydrogen) atoms. The Morgan fingerprint density at radius 1 is 1.06 bits per heavy atom. The first-order valence-corrected chi connectivity index (χ1v) is 9.73. The highest BCUT2D eigenvalue weighted by atomic mass is 32.2. The maximum absolute atomic E-state index is 12.3. The number of aliphatic carboxylic acids is 2. The third-order valence-corrected chi connectivity index (χ3v) is 4.96. The van der Waals surface area contributed by atoms with E-state index in [1.165, 1.54) is 0 Å². The van der Waals surface area contributed by atoms with Gasteiger partial charge >= 0.3 is 11.9 Å². The van der Waals surface area contributed by atoms with E-state index < -0.39 is 70.0 Å². The molecule has 6 N–H and O–H groups in total. The van der Waals surface area contributed by atoms with Crippen LogP contribution in [0.5, 0.6) is 0 Å². The second kappa shape index (κ2) is 12.2. The zero-order valence-electron chi connectivity index (χ0n) is 16.3. The number of benzene rings is 1. The van der Waals surface area contributed by atoms with E-state index in [1.807, 2.05) is 5.32 Å². The summed E-state index contributed by atoms with van der Waals surface area (Å²) in [5, 5.41) is 43.7. The third-order valence-electron chi connectivity index (χ3n) is 3.81. The molecule has 2 amide bonds. The van der Waals surface area contributed by atoms with E-state index in [2.05, 4.69) is 5.32 Å². The number of carboxylic acids is 2. The molecule has 1 aromatic rings. The highest BCUT2D eigenvalue weighted by Gasteiger charge is 2.27. The summed E-state index contributed by atoms with van der Waals surface area (Å²) >= 11 is 0.716. The number of nitrogens with one attached hydrogen (secondary N) is 2. The number of rotatable bonds is 13. The number of hydrogen-bond acceptors (Lipinski definition) is 10. The first-order valence-electron chi connectivity index (χ1n) is 8.75. The molecule has 0 saturated carbocycles. The molecule has 15 nitrogen and oxygen atoms in total. The number of amides is 2. The summed E-state index contributed by atoms with van der Waals surface area (Å²) in [7, 11) is 0. The minimum atomic E-state index is -1.39. The number of carbonyl (C=O) groups excluding carboxylic acids is 2. The Morgan fingerprint density at radius 2 is 1.72 bits per heavy atom. The topological polar surface area (TPSA) is 245 Å². The molecule has 0 aliphatic carbocycles. The van der Waals surface area contributed by atoms with Crippen LogP contribution >= 0.6 is 11.8 Å². The number of nitro groups is 2. The molecule has 0 saturated heterocycles. The van der Waals surface area contributed by atoms with Gasteiger partial charge in [0, 0.05) is 18.2 Å². The van der Waals surface area contributed by atoms with Crippen LogP contribution in [-0.2, 0) is 19.2 Å². The maximum atomic E-state index is 12.3. The zero-order valence-corrected chi connectivity index (χ0v) is 17.1. The highest BCUT2D eigenvalue weighted by molar-refractivity contribution is 7.99. The summed E-state index contributed by atoms with van der Waals surface area (Å²) < 4.78 is 0. The first kappa shape index (κ1) is 26.2. The fourth-order valence-electron chi connectivity index (χ4n) is 2.21. The zero-order chi connectivity index (χ0) is 24.4. The molecule has 0 aromatic heterocycles. The van der Waals surface area contributed by atoms with Crippen molar-refractivity contribution < 1.29 is 39.2 Å². The Hall–Kier alpha value is -3.79. The Bertz CT molecular complexity index is 924. The summed E-state index contributed by atoms with van der Waals surface area (Å²) in [5.74, 6) is -4.68. The molecule has 174 valence electrons. The minimum Gasteiger partial charge on any atom is -0.481 e. The molecule has 1 aromatic carbocycles. The van der Waals surface area contributed by atoms with Gasteiger partial charge in [-0.3, -0.25) is 39.4 Å². The fraction of sp³-hybridized carbons (Fsp3) is 0.375. The summed E-state index contributed by atoms with van der Waals surface area (Å²) in [5.41, 5.74) is 4.47. The van der Waals surface area contributed by atoms with Crippen molar-refractivity contribution in [2.75, 3.05) is 12.3 Å². The lowest BCUT2D eigenvalue weighted by atomic mass is 10.1. The Kier molecular flexibility index (Phi) is 9.97. The van der Waals surface area contributed by atoms with Crippen molar-refractivity contribution in [3.8, 4) is 0 Å². The van der Waals surface area contributed by atoms with Crippen LogP contribution in [0.3, 0.4) is 0 Å². The van der Waals surface area contributed by atoms with E-state index in [9.17, 15) is 39.4 Å². The molecule has 0 unspecified atom stereocenters. The van der Waals surface area contributed by atoms with Crippen LogP contribution in [0.4, 0.5) is 11.4 Å². The quantitative estimate of drug-likeness (QED) is 0.138. The van der Waals surface area contributed by atoms with Gasteiger partial charge in [0.1, 0.15) is 12.6 Å². The SMILES string of the molecule is N[C@@H](CCC(=O)O)C(=O)N[C@@H](CSc1ccc([N+](=O)[O-])cc1[N+](=O)[O-])C(=O)NCC(=O)O. The number of nitrogens with zero attached hydrogens (tertiary/aromatic N) is 2. The minimum absolute atomic E-state index is 0.0407. The summed E-state index contributed by atoms with van der Waals surface area (Å²) in [6.07, 6.45) is -0.639. The van der Waals surface area contributed by atoms with Gasteiger partial charge in [-0.15, -0.1) is 11.8 Å². The molecule has 0 aliphatic rings. The predicted octanol–water partition coefficient (Wildman–Crippen LogP) is -0.527. The summed E-state index contributed by atoms with van der Waals surface area (Å²) in [6.45, 7) is -0.765. The van der Waals surface area contributed by atoms with Crippen molar-refractivity contribution in [1.82, 2.24) is 10.6 Å². The number of thioether (sulfide) groups is 1. The molecule has 2 atom stereocenters. The molecule has 0 spiro atoms. The van der Waals surface area contributed by atoms with Crippen LogP contribution in [0.25, 0.3) is 0 Å². The van der Waals surface area contributed by atoms with Crippen molar-refractivity contribution in [3.05, 3.63) is 38.4 Å². The largest absolute Gasteiger partial charge is 0.481 e. The summed E-state index contributed by atoms with van der Waals surface area (Å²) in [4.78, 5) is 66.1. The molecule has 0 radical (unpaired) electrons. The van der Waals surface area contributed by atoms with Gasteiger partial charge in [-0.2, -0.15) is 0 Å². The van der Waals surface area contributed by atoms with Crippen LogP contribution in [0, 0.1) is 20.2 Å². The molecule has 1 rings (SSSR count). The van der Waals surface area contributed by atoms with Gasteiger partial charge in [0.2, 0.25) is 11.8 Å². The van der Waals surface area contributed by atoms with Crippen molar-refractivity contribution in [2.45, 2.75) is 29.8 Å². The first-order chi connectivity index (χ1) is 14.9. The number of carbonyl (C=O) groups is 4. The average Bonchev–Trinajstić information content (AvgIpc) is 2.72. The molecule has 0 bridgehead atoms. The van der Waals surface area contributed by atoms with Gasteiger partial charge in [-0.05, 0) is 12.5 Å². The van der Waals surface area contributed by atoms with Crippen molar-refractivity contribution in [1.29, 1.82) is 0 Å². The van der Waals surface area contributed by atoms with Gasteiger partial charge in [0.25, 0.3) is 11.4 Å². The number of nitrogens with two attached hydrogens (primary N) is 1. The van der Waals surface area contributed by atoms with Crippen LogP contribution in [0.15, 0.2) is 23.1 Å². The average molecular weight is 473 g/mol. The molecule has 0 aliphatic heterocycles. The Balaban J connectivity index is 3.01. The van der Waals surface area contributed by atoms with Gasteiger partial charge in [-0.1, -0.05) is 0 Å². The van der Waals surface area contributed by atoms with E-state index in [-0.39, 0.29) is 17.1 Å². The highest BCUT2D eigenvalue weighted by Crippen LogP contribution is 2.32. The van der Waals surface area contributed by atoms with E-state index in [0.29, 0.717) is 11.8 Å². The standard InChI is InChI=1S/C16H19N5O10S/c17-9(2-4-13(22)23)15(26)19-10(16(27)18-6-14(24)25)7-32-12-3-1-8(20(28)29)5-11(12)21(30)31/h1,3,5,9-10H,2,4,6-7,17H2,(H,18,27)(H,19,26)(H,22,23)(H,24,25)/t9-,10-/m0/s1. The third kappa shape index (κ3) is 8.52. The Labute approximate surface area is 183 Å². The number of non-ortho nitro benzene ring substituents is 1. The predicted molar refractivity (Wildman–Crippen MR) is 108 cm³/mol. The molecule has 0 fully saturated rings. The van der Waals surface area contributed by atoms with Crippen LogP contribution < -0.4 is 16.4 Å². The van der Waals surface area contributed by atoms with Crippen molar-refractivity contribution in [3.63, 3.8) is 0 Å². The van der Waals surface area contributed by atoms with E-state index in [4.69, 9.17) is 15.9 Å². The maximum Gasteiger partial charge on any atom is 0.322 e. The lowest BCUT2D eigenvalue weighted by molar-refractivity contribution is -0.396. The lowest BCUT2D eigenvalue weighted by Crippen LogP contribution is -2.53. The van der Waals surface area contributed by atoms with Crippen molar-refractivity contribution in [2.24, 2.45) is 5.73 Å². The van der Waals surface area contributed by atoms with Gasteiger partial charge in [-0.25, -0.2) is 0 Å². The smallest absolute Gasteiger partial charge is 0.322 e. The van der Waals surface area contributed by atoms with E-state index in [0.717, 1.165) is 18.2 Å². The number of carboxylic acid groups (broad SMARTS) is 2. The van der Waals surface area contributed by atoms with Crippen LogP contribution in [0.2, 0.25) is 0 Å². The number of nitro benzene ring substituents is 2. The second-order valence-electron chi connectivity index (χ2n) is 6.19. The van der Waals surface area contributed by atoms with Crippen molar-refractivity contribution >= 4 is 46.9 Å². The molecule has 0 heterocycles. The normalized spacial score (nSPS) is 12.3. The van der Waals surface area contributed by atoms with E-state index in [1.54, 1.807) is 0 Å². The fourth-order valence-corrected chi connectivity index (χ4v) is 3.24. The molecular weight excluding hydrogens is 454 g/mol. The van der Waals surface area contributed by atoms with Crippen LogP contribution in [0.1, 0.15) is 12.8 Å². The molecule has 16 heteroatoms. The lowest BCUT2D eigenvalue weighted by Gasteiger charge is -2.20. The summed E-state index contributed by atoms with van der Waals surface area (Å²) in [6, 6.07) is 0.197. The van der Waals surface area contributed by atoms with Gasteiger partial charge < -0.3 is 26.6 Å². The number of hydrogen-bond donors (Lipinski definition) is 5. The Morgan fingerprint density at radius 3 is 2.25 bits per heavy atom. The molecular formula is C16H19N5O10S. The van der Waals surface area contributed by atoms with Gasteiger partial charge in [0.05, 0.1) is 26.9 Å². The monoisotopic (exact) mass is 473 g/mol. The van der Waals surface area contributed by atoms with Gasteiger partial charge in [0.15, 0.2) is 0 Å². The second-order valence-corrected chi connectivity index (χ2v) is 7.25.